The Kier molecular flexibility index (Phi) is 6.65. The molecule has 0 aromatic heterocycles. The van der Waals surface area contributed by atoms with Gasteiger partial charge in [-0.25, -0.2) is 0 Å². The molecular weight excluding hydrogens is 562 g/mol. The summed E-state index contributed by atoms with van der Waals surface area (Å²) in [4.78, 5) is 54.7. The molecule has 7 aliphatic rings. The normalized spacial score (nSPS) is 43.7. The van der Waals surface area contributed by atoms with Crippen molar-refractivity contribution in [1.82, 2.24) is 5.32 Å². The van der Waals surface area contributed by atoms with Crippen LogP contribution in [-0.4, -0.2) is 64.3 Å². The Morgan fingerprint density at radius 3 is 2.41 bits per heavy atom. The molecule has 9 nitrogen and oxygen atoms in total. The SMILES string of the molecule is C=C1C(=O)[C@]23[C@H](OC(=O)C4CCC(NC(=O)c5ccc(C)cc5)CC4)[C@H]1CC[C@H]2[C@@]12CO[C@@]3(O)[C@@H](O)[C@@H]1C(C)(C)CCC2=O. The fourth-order valence-corrected chi connectivity index (χ4v) is 10.4. The zero-order valence-electron chi connectivity index (χ0n) is 25.8. The number of carbonyl (C=O) groups excluding carboxylic acids is 4. The number of Topliss-reactive ketones (excluding diaryl/α,β-unsaturated/α-hetero) is 2. The van der Waals surface area contributed by atoms with E-state index in [-0.39, 0.29) is 29.9 Å². The van der Waals surface area contributed by atoms with Gasteiger partial charge in [0, 0.05) is 29.9 Å². The summed E-state index contributed by atoms with van der Waals surface area (Å²) in [5.41, 5.74) is -1.49. The highest BCUT2D eigenvalue weighted by atomic mass is 16.6. The van der Waals surface area contributed by atoms with Gasteiger partial charge in [0.05, 0.1) is 17.9 Å². The molecule has 1 amide bonds. The van der Waals surface area contributed by atoms with E-state index in [2.05, 4.69) is 11.9 Å². The van der Waals surface area contributed by atoms with Gasteiger partial charge in [0.25, 0.3) is 5.91 Å². The second-order valence-corrected chi connectivity index (χ2v) is 15.1. The van der Waals surface area contributed by atoms with Crippen LogP contribution in [0.15, 0.2) is 36.4 Å². The molecule has 44 heavy (non-hydrogen) atoms. The number of fused-ring (bicyclic) bond motifs is 2. The standard InChI is InChI=1S/C35H43NO8/c1-18-5-7-20(8-6-18)30(40)36-22-11-9-21(10-12-22)31(41)44-29-23-13-14-24-33-17-43-35(42,34(24,29)27(38)19(23)2)28(39)26(33)32(3,4)16-15-25(33)37/h5-8,21-24,26,28-29,39,42H,2,9-17H2,1,3-4H3,(H,36,40)/t21?,22?,23-,24-,26+,28-,29+,33+,34-,35-/m0/s1. The van der Waals surface area contributed by atoms with E-state index >= 15 is 0 Å². The molecule has 5 saturated carbocycles. The summed E-state index contributed by atoms with van der Waals surface area (Å²) in [5, 5.41) is 27.3. The third-order valence-electron chi connectivity index (χ3n) is 12.6. The first-order chi connectivity index (χ1) is 20.8. The number of esters is 1. The Morgan fingerprint density at radius 2 is 1.73 bits per heavy atom. The molecule has 7 fully saturated rings. The van der Waals surface area contributed by atoms with Gasteiger partial charge in [0.15, 0.2) is 5.78 Å². The summed E-state index contributed by atoms with van der Waals surface area (Å²) in [6, 6.07) is 7.31. The summed E-state index contributed by atoms with van der Waals surface area (Å²) in [5.74, 6) is -5.61. The first-order valence-electron chi connectivity index (χ1n) is 16.2. The molecule has 2 saturated heterocycles. The maximum atomic E-state index is 14.3. The van der Waals surface area contributed by atoms with E-state index in [1.54, 1.807) is 12.1 Å². The highest BCUT2D eigenvalue weighted by molar-refractivity contribution is 6.06. The largest absolute Gasteiger partial charge is 0.460 e. The maximum Gasteiger partial charge on any atom is 0.309 e. The van der Waals surface area contributed by atoms with Crippen LogP contribution in [0.5, 0.6) is 0 Å². The Labute approximate surface area is 257 Å². The van der Waals surface area contributed by atoms with E-state index in [0.717, 1.165) is 5.56 Å². The van der Waals surface area contributed by atoms with Crippen molar-refractivity contribution < 1.29 is 38.9 Å². The van der Waals surface area contributed by atoms with Crippen LogP contribution in [0.2, 0.25) is 0 Å². The van der Waals surface area contributed by atoms with Crippen LogP contribution in [0.3, 0.4) is 0 Å². The van der Waals surface area contributed by atoms with E-state index in [4.69, 9.17) is 9.47 Å². The number of amides is 1. The van der Waals surface area contributed by atoms with Crippen molar-refractivity contribution in [2.45, 2.75) is 96.2 Å². The number of rotatable bonds is 4. The van der Waals surface area contributed by atoms with Gasteiger partial charge >= 0.3 is 5.97 Å². The molecular formula is C35H43NO8. The van der Waals surface area contributed by atoms with E-state index < -0.39 is 69.7 Å². The molecule has 8 rings (SSSR count). The van der Waals surface area contributed by atoms with E-state index in [9.17, 15) is 29.4 Å². The van der Waals surface area contributed by atoms with Crippen LogP contribution in [0.4, 0.5) is 0 Å². The van der Waals surface area contributed by atoms with Crippen molar-refractivity contribution in [3.8, 4) is 0 Å². The lowest BCUT2D eigenvalue weighted by Gasteiger charge is -2.73. The number of carbonyl (C=O) groups is 4. The van der Waals surface area contributed by atoms with Crippen molar-refractivity contribution in [2.24, 2.45) is 39.9 Å². The number of hydrogen-bond acceptors (Lipinski definition) is 8. The summed E-state index contributed by atoms with van der Waals surface area (Å²) < 4.78 is 12.3. The van der Waals surface area contributed by atoms with Gasteiger partial charge in [-0.3, -0.25) is 19.2 Å². The summed E-state index contributed by atoms with van der Waals surface area (Å²) in [6.07, 6.45) is 1.48. The first kappa shape index (κ1) is 29.8. The molecule has 2 heterocycles. The number of aliphatic hydroxyl groups is 2. The molecule has 0 radical (unpaired) electrons. The van der Waals surface area contributed by atoms with Crippen molar-refractivity contribution in [1.29, 1.82) is 0 Å². The van der Waals surface area contributed by atoms with Crippen LogP contribution in [-0.2, 0) is 23.9 Å². The Morgan fingerprint density at radius 1 is 1.05 bits per heavy atom. The summed E-state index contributed by atoms with van der Waals surface area (Å²) in [6.45, 7) is 9.98. The van der Waals surface area contributed by atoms with Gasteiger partial charge in [-0.1, -0.05) is 38.1 Å². The molecule has 4 bridgehead atoms. The number of nitrogens with one attached hydrogen (secondary N) is 1. The van der Waals surface area contributed by atoms with Gasteiger partial charge in [-0.2, -0.15) is 0 Å². The Bertz CT molecular complexity index is 1440. The summed E-state index contributed by atoms with van der Waals surface area (Å²) in [7, 11) is 0. The second-order valence-electron chi connectivity index (χ2n) is 15.1. The number of aliphatic hydroxyl groups excluding tert-OH is 1. The first-order valence-corrected chi connectivity index (χ1v) is 16.2. The minimum Gasteiger partial charge on any atom is -0.460 e. The third-order valence-corrected chi connectivity index (χ3v) is 12.6. The quantitative estimate of drug-likeness (QED) is 0.351. The van der Waals surface area contributed by atoms with E-state index in [0.29, 0.717) is 56.9 Å². The van der Waals surface area contributed by atoms with E-state index in [1.807, 2.05) is 32.9 Å². The molecule has 9 heteroatoms. The number of benzene rings is 1. The number of aryl methyl sites for hydroxylation is 1. The van der Waals surface area contributed by atoms with Crippen LogP contribution < -0.4 is 5.32 Å². The minimum absolute atomic E-state index is 0.0492. The molecule has 236 valence electrons. The fourth-order valence-electron chi connectivity index (χ4n) is 10.4. The number of ketones is 2. The molecule has 2 spiro atoms. The van der Waals surface area contributed by atoms with Crippen molar-refractivity contribution in [3.63, 3.8) is 0 Å². The van der Waals surface area contributed by atoms with Crippen LogP contribution >= 0.6 is 0 Å². The Hall–Kier alpha value is -2.88. The average molecular weight is 606 g/mol. The monoisotopic (exact) mass is 605 g/mol. The molecule has 5 aliphatic carbocycles. The van der Waals surface area contributed by atoms with Crippen molar-refractivity contribution >= 4 is 23.4 Å². The average Bonchev–Trinajstić information content (AvgIpc) is 3.10. The van der Waals surface area contributed by atoms with Crippen LogP contribution in [0, 0.1) is 46.8 Å². The maximum absolute atomic E-state index is 14.3. The highest BCUT2D eigenvalue weighted by Crippen LogP contribution is 2.76. The molecule has 0 unspecified atom stereocenters. The zero-order chi connectivity index (χ0) is 31.4. The topological polar surface area (TPSA) is 139 Å². The second kappa shape index (κ2) is 9.81. The molecule has 1 aromatic rings. The van der Waals surface area contributed by atoms with E-state index in [1.165, 1.54) is 0 Å². The predicted molar refractivity (Wildman–Crippen MR) is 158 cm³/mol. The smallest absolute Gasteiger partial charge is 0.309 e. The number of hydrogen-bond donors (Lipinski definition) is 3. The molecule has 1 aromatic carbocycles. The predicted octanol–water partition coefficient (Wildman–Crippen LogP) is 3.43. The Balaban J connectivity index is 1.14. The fraction of sp³-hybridized carbons (Fsp3) is 0.657. The van der Waals surface area contributed by atoms with Crippen LogP contribution in [0.1, 0.15) is 81.1 Å². The highest BCUT2D eigenvalue weighted by Gasteiger charge is 2.88. The van der Waals surface area contributed by atoms with Crippen molar-refractivity contribution in [2.75, 3.05) is 6.61 Å². The summed E-state index contributed by atoms with van der Waals surface area (Å²) >= 11 is 0. The van der Waals surface area contributed by atoms with Gasteiger partial charge in [0.1, 0.15) is 23.4 Å². The van der Waals surface area contributed by atoms with Gasteiger partial charge in [0.2, 0.25) is 5.79 Å². The zero-order valence-corrected chi connectivity index (χ0v) is 25.8. The van der Waals surface area contributed by atoms with Gasteiger partial charge in [-0.15, -0.1) is 0 Å². The lowest BCUT2D eigenvalue weighted by molar-refractivity contribution is -0.437. The van der Waals surface area contributed by atoms with Crippen LogP contribution in [0.25, 0.3) is 0 Å². The van der Waals surface area contributed by atoms with Gasteiger partial charge < -0.3 is 25.0 Å². The van der Waals surface area contributed by atoms with Gasteiger partial charge in [-0.05, 0) is 80.9 Å². The lowest BCUT2D eigenvalue weighted by atomic mass is 9.36. The third kappa shape index (κ3) is 3.69. The number of ether oxygens (including phenoxy) is 2. The van der Waals surface area contributed by atoms with Crippen molar-refractivity contribution in [3.05, 3.63) is 47.5 Å². The lowest BCUT2D eigenvalue weighted by Crippen LogP contribution is -2.85. The molecule has 2 aliphatic heterocycles. The molecule has 8 atom stereocenters. The molecule has 3 N–H and O–H groups in total. The minimum atomic E-state index is -2.31.